The maximum absolute atomic E-state index is 10.8. The molecule has 2 rings (SSSR count). The first-order chi connectivity index (χ1) is 5.77. The Labute approximate surface area is 69.0 Å². The van der Waals surface area contributed by atoms with Crippen molar-refractivity contribution in [3.8, 4) is 5.75 Å². The van der Waals surface area contributed by atoms with Gasteiger partial charge in [0.05, 0.1) is 11.6 Å². The monoisotopic (exact) mass is 164 g/mol. The van der Waals surface area contributed by atoms with Gasteiger partial charge in [0.2, 0.25) is 0 Å². The standard InChI is InChI=1S/C9H8O3/c10-7-5-9(11)12-8-4-2-1-3-6(7)8/h1,3,5,10H,2,4H2. The highest BCUT2D eigenvalue weighted by molar-refractivity contribution is 5.59. The summed E-state index contributed by atoms with van der Waals surface area (Å²) in [5, 5.41) is 9.33. The van der Waals surface area contributed by atoms with Crippen LogP contribution in [0.5, 0.6) is 5.75 Å². The van der Waals surface area contributed by atoms with Crippen molar-refractivity contribution in [3.63, 3.8) is 0 Å². The molecule has 12 heavy (non-hydrogen) atoms. The van der Waals surface area contributed by atoms with E-state index in [0.29, 0.717) is 17.7 Å². The lowest BCUT2D eigenvalue weighted by atomic mass is 10.0. The molecule has 1 N–H and O–H groups in total. The molecule has 0 fully saturated rings. The van der Waals surface area contributed by atoms with Crippen molar-refractivity contribution in [2.75, 3.05) is 0 Å². The van der Waals surface area contributed by atoms with Crippen LogP contribution in [0.1, 0.15) is 17.7 Å². The summed E-state index contributed by atoms with van der Waals surface area (Å²) in [7, 11) is 0. The van der Waals surface area contributed by atoms with Crippen LogP contribution in [-0.2, 0) is 6.42 Å². The first-order valence-electron chi connectivity index (χ1n) is 3.80. The first kappa shape index (κ1) is 7.16. The van der Waals surface area contributed by atoms with E-state index in [-0.39, 0.29) is 5.75 Å². The zero-order valence-electron chi connectivity index (χ0n) is 6.41. The third-order valence-corrected chi connectivity index (χ3v) is 1.88. The van der Waals surface area contributed by atoms with Gasteiger partial charge in [-0.1, -0.05) is 12.2 Å². The predicted octanol–water partition coefficient (Wildman–Crippen LogP) is 1.30. The summed E-state index contributed by atoms with van der Waals surface area (Å²) in [5.41, 5.74) is 0.155. The van der Waals surface area contributed by atoms with Gasteiger partial charge in [0.25, 0.3) is 0 Å². The maximum atomic E-state index is 10.8. The normalized spacial score (nSPS) is 14.3. The number of allylic oxidation sites excluding steroid dienone is 1. The molecule has 0 atom stereocenters. The van der Waals surface area contributed by atoms with E-state index in [1.165, 1.54) is 0 Å². The molecule has 62 valence electrons. The van der Waals surface area contributed by atoms with Crippen molar-refractivity contribution in [1.82, 2.24) is 0 Å². The summed E-state index contributed by atoms with van der Waals surface area (Å²) in [4.78, 5) is 10.8. The fourth-order valence-electron chi connectivity index (χ4n) is 1.32. The summed E-state index contributed by atoms with van der Waals surface area (Å²) >= 11 is 0. The van der Waals surface area contributed by atoms with Gasteiger partial charge in [0.1, 0.15) is 11.5 Å². The van der Waals surface area contributed by atoms with Crippen molar-refractivity contribution >= 4 is 6.08 Å². The Kier molecular flexibility index (Phi) is 1.50. The summed E-state index contributed by atoms with van der Waals surface area (Å²) < 4.78 is 4.91. The van der Waals surface area contributed by atoms with Crippen LogP contribution in [0, 0.1) is 0 Å². The average molecular weight is 164 g/mol. The zero-order chi connectivity index (χ0) is 8.55. The SMILES string of the molecule is O=c1cc(O)c2c(o1)CCC=C2. The van der Waals surface area contributed by atoms with E-state index in [2.05, 4.69) is 0 Å². The van der Waals surface area contributed by atoms with Gasteiger partial charge in [-0.05, 0) is 6.42 Å². The van der Waals surface area contributed by atoms with Crippen molar-refractivity contribution in [2.45, 2.75) is 12.8 Å². The molecule has 0 aromatic carbocycles. The second-order valence-electron chi connectivity index (χ2n) is 2.73. The number of hydrogen-bond acceptors (Lipinski definition) is 3. The molecule has 0 unspecified atom stereocenters. The summed E-state index contributed by atoms with van der Waals surface area (Å²) in [6.07, 6.45) is 5.27. The molecule has 1 aromatic rings. The molecule has 0 saturated carbocycles. The van der Waals surface area contributed by atoms with Crippen LogP contribution < -0.4 is 5.63 Å². The summed E-state index contributed by atoms with van der Waals surface area (Å²) in [6.45, 7) is 0. The molecule has 0 bridgehead atoms. The second kappa shape index (κ2) is 2.52. The molecule has 0 amide bonds. The third kappa shape index (κ3) is 1.03. The molecular weight excluding hydrogens is 156 g/mol. The zero-order valence-corrected chi connectivity index (χ0v) is 6.41. The molecule has 1 heterocycles. The molecule has 0 saturated heterocycles. The van der Waals surface area contributed by atoms with Crippen LogP contribution in [-0.4, -0.2) is 5.11 Å². The molecular formula is C9H8O3. The Bertz CT molecular complexity index is 387. The highest BCUT2D eigenvalue weighted by Gasteiger charge is 2.11. The van der Waals surface area contributed by atoms with E-state index < -0.39 is 5.63 Å². The molecule has 1 aliphatic rings. The topological polar surface area (TPSA) is 50.4 Å². The van der Waals surface area contributed by atoms with Gasteiger partial charge in [-0.15, -0.1) is 0 Å². The quantitative estimate of drug-likeness (QED) is 0.628. The molecule has 0 aliphatic heterocycles. The third-order valence-electron chi connectivity index (χ3n) is 1.88. The van der Waals surface area contributed by atoms with Crippen molar-refractivity contribution in [1.29, 1.82) is 0 Å². The van der Waals surface area contributed by atoms with Gasteiger partial charge < -0.3 is 9.52 Å². The number of aryl methyl sites for hydroxylation is 1. The highest BCUT2D eigenvalue weighted by Crippen LogP contribution is 2.25. The van der Waals surface area contributed by atoms with Gasteiger partial charge in [-0.25, -0.2) is 4.79 Å². The molecule has 3 heteroatoms. The van der Waals surface area contributed by atoms with Gasteiger partial charge in [-0.3, -0.25) is 0 Å². The van der Waals surface area contributed by atoms with Gasteiger partial charge in [-0.2, -0.15) is 0 Å². The fraction of sp³-hybridized carbons (Fsp3) is 0.222. The van der Waals surface area contributed by atoms with Gasteiger partial charge >= 0.3 is 5.63 Å². The average Bonchev–Trinajstić information content (AvgIpc) is 2.04. The Morgan fingerprint density at radius 2 is 2.33 bits per heavy atom. The van der Waals surface area contributed by atoms with Crippen LogP contribution >= 0.6 is 0 Å². The minimum absolute atomic E-state index is 0.0113. The summed E-state index contributed by atoms with van der Waals surface area (Å²) in [6, 6.07) is 1.09. The lowest BCUT2D eigenvalue weighted by Crippen LogP contribution is -2.03. The summed E-state index contributed by atoms with van der Waals surface area (Å²) in [5.74, 6) is 0.597. The maximum Gasteiger partial charge on any atom is 0.339 e. The predicted molar refractivity (Wildman–Crippen MR) is 44.0 cm³/mol. The lowest BCUT2D eigenvalue weighted by Gasteiger charge is -2.08. The minimum Gasteiger partial charge on any atom is -0.507 e. The smallest absolute Gasteiger partial charge is 0.339 e. The van der Waals surface area contributed by atoms with Crippen LogP contribution in [0.4, 0.5) is 0 Å². The fourth-order valence-corrected chi connectivity index (χ4v) is 1.32. The Morgan fingerprint density at radius 1 is 1.50 bits per heavy atom. The van der Waals surface area contributed by atoms with E-state index in [1.54, 1.807) is 6.08 Å². The van der Waals surface area contributed by atoms with Crippen molar-refractivity contribution in [3.05, 3.63) is 33.9 Å². The molecule has 1 aromatic heterocycles. The molecule has 1 aliphatic carbocycles. The Balaban J connectivity index is 2.70. The van der Waals surface area contributed by atoms with E-state index in [0.717, 1.165) is 12.5 Å². The largest absolute Gasteiger partial charge is 0.507 e. The van der Waals surface area contributed by atoms with Crippen molar-refractivity contribution < 1.29 is 9.52 Å². The Hall–Kier alpha value is -1.51. The number of aromatic hydroxyl groups is 1. The number of hydrogen-bond donors (Lipinski definition) is 1. The van der Waals surface area contributed by atoms with E-state index >= 15 is 0 Å². The minimum atomic E-state index is -0.485. The van der Waals surface area contributed by atoms with E-state index in [1.807, 2.05) is 6.08 Å². The van der Waals surface area contributed by atoms with Crippen LogP contribution in [0.2, 0.25) is 0 Å². The molecule has 3 nitrogen and oxygen atoms in total. The van der Waals surface area contributed by atoms with Gasteiger partial charge in [0, 0.05) is 6.42 Å². The van der Waals surface area contributed by atoms with Crippen LogP contribution in [0.3, 0.4) is 0 Å². The van der Waals surface area contributed by atoms with E-state index in [4.69, 9.17) is 4.42 Å². The first-order valence-corrected chi connectivity index (χ1v) is 3.80. The van der Waals surface area contributed by atoms with Crippen molar-refractivity contribution in [2.24, 2.45) is 0 Å². The lowest BCUT2D eigenvalue weighted by molar-refractivity contribution is 0.420. The number of fused-ring (bicyclic) bond motifs is 1. The molecule has 0 spiro atoms. The molecule has 0 radical (unpaired) electrons. The van der Waals surface area contributed by atoms with Crippen LogP contribution in [0.25, 0.3) is 6.08 Å². The van der Waals surface area contributed by atoms with E-state index in [9.17, 15) is 9.90 Å². The van der Waals surface area contributed by atoms with Gasteiger partial charge in [0.15, 0.2) is 0 Å². The van der Waals surface area contributed by atoms with Crippen LogP contribution in [0.15, 0.2) is 21.4 Å². The highest BCUT2D eigenvalue weighted by atomic mass is 16.4. The number of rotatable bonds is 0. The Morgan fingerprint density at radius 3 is 3.17 bits per heavy atom. The second-order valence-corrected chi connectivity index (χ2v) is 2.73.